The number of ether oxygens (including phenoxy) is 2. The van der Waals surface area contributed by atoms with Gasteiger partial charge in [0.05, 0.1) is 12.2 Å². The van der Waals surface area contributed by atoms with Gasteiger partial charge < -0.3 is 14.8 Å². The first-order valence-corrected chi connectivity index (χ1v) is 7.75. The summed E-state index contributed by atoms with van der Waals surface area (Å²) >= 11 is 3.57. The van der Waals surface area contributed by atoms with Gasteiger partial charge in [-0.15, -0.1) is 0 Å². The van der Waals surface area contributed by atoms with Crippen LogP contribution in [0.5, 0.6) is 5.75 Å². The van der Waals surface area contributed by atoms with Crippen molar-refractivity contribution in [2.24, 2.45) is 0 Å². The van der Waals surface area contributed by atoms with Crippen LogP contribution in [0.2, 0.25) is 0 Å². The molecule has 2 atom stereocenters. The quantitative estimate of drug-likeness (QED) is 0.867. The van der Waals surface area contributed by atoms with Gasteiger partial charge in [0.15, 0.2) is 0 Å². The summed E-state index contributed by atoms with van der Waals surface area (Å²) in [4.78, 5) is 0. The van der Waals surface area contributed by atoms with Gasteiger partial charge in [0.1, 0.15) is 12.4 Å². The van der Waals surface area contributed by atoms with Crippen LogP contribution in [0.15, 0.2) is 22.7 Å². The van der Waals surface area contributed by atoms with Crippen molar-refractivity contribution < 1.29 is 9.47 Å². The molecule has 3 nitrogen and oxygen atoms in total. The Labute approximate surface area is 123 Å². The topological polar surface area (TPSA) is 30.5 Å². The standard InChI is InChI=1S/C15H22BrNO2/c1-3-17-9-12-8-13(6-7-15(12)16)18-10-14-5-4-11(2)19-14/h6-8,11,14,17H,3-5,9-10H2,1-2H3. The maximum Gasteiger partial charge on any atom is 0.119 e. The largest absolute Gasteiger partial charge is 0.491 e. The highest BCUT2D eigenvalue weighted by Gasteiger charge is 2.22. The number of hydrogen-bond acceptors (Lipinski definition) is 3. The van der Waals surface area contributed by atoms with E-state index >= 15 is 0 Å². The molecule has 1 N–H and O–H groups in total. The van der Waals surface area contributed by atoms with Crippen molar-refractivity contribution in [3.05, 3.63) is 28.2 Å². The molecule has 0 saturated carbocycles. The van der Waals surface area contributed by atoms with Gasteiger partial charge in [0.2, 0.25) is 0 Å². The summed E-state index contributed by atoms with van der Waals surface area (Å²) in [5.41, 5.74) is 1.22. The molecule has 1 saturated heterocycles. The number of rotatable bonds is 6. The van der Waals surface area contributed by atoms with Gasteiger partial charge in [-0.3, -0.25) is 0 Å². The molecule has 1 aliphatic rings. The SMILES string of the molecule is CCNCc1cc(OCC2CCC(C)O2)ccc1Br. The summed E-state index contributed by atoms with van der Waals surface area (Å²) in [6.45, 7) is 6.68. The van der Waals surface area contributed by atoms with Crippen LogP contribution in [0.1, 0.15) is 32.3 Å². The predicted molar refractivity (Wildman–Crippen MR) is 80.6 cm³/mol. The van der Waals surface area contributed by atoms with Crippen molar-refractivity contribution in [1.29, 1.82) is 0 Å². The molecule has 0 bridgehead atoms. The van der Waals surface area contributed by atoms with Crippen LogP contribution in [-0.4, -0.2) is 25.4 Å². The van der Waals surface area contributed by atoms with E-state index in [0.717, 1.165) is 36.2 Å². The molecule has 1 heterocycles. The smallest absolute Gasteiger partial charge is 0.119 e. The average molecular weight is 328 g/mol. The van der Waals surface area contributed by atoms with E-state index in [0.29, 0.717) is 12.7 Å². The minimum Gasteiger partial charge on any atom is -0.491 e. The van der Waals surface area contributed by atoms with E-state index in [1.807, 2.05) is 12.1 Å². The first kappa shape index (κ1) is 14.8. The van der Waals surface area contributed by atoms with Crippen LogP contribution in [-0.2, 0) is 11.3 Å². The molecule has 1 aromatic carbocycles. The first-order chi connectivity index (χ1) is 9.19. The summed E-state index contributed by atoms with van der Waals surface area (Å²) < 4.78 is 12.7. The molecular formula is C15H22BrNO2. The summed E-state index contributed by atoms with van der Waals surface area (Å²) in [7, 11) is 0. The lowest BCUT2D eigenvalue weighted by Gasteiger charge is -2.14. The average Bonchev–Trinajstić information content (AvgIpc) is 2.82. The highest BCUT2D eigenvalue weighted by atomic mass is 79.9. The molecule has 0 aliphatic carbocycles. The summed E-state index contributed by atoms with van der Waals surface area (Å²) in [6.07, 6.45) is 2.86. The highest BCUT2D eigenvalue weighted by Crippen LogP contribution is 2.24. The molecule has 0 spiro atoms. The minimum absolute atomic E-state index is 0.246. The number of hydrogen-bond donors (Lipinski definition) is 1. The zero-order valence-electron chi connectivity index (χ0n) is 11.6. The van der Waals surface area contributed by atoms with E-state index in [9.17, 15) is 0 Å². The second-order valence-electron chi connectivity index (χ2n) is 4.99. The normalized spacial score (nSPS) is 22.7. The van der Waals surface area contributed by atoms with E-state index in [1.54, 1.807) is 0 Å². The Morgan fingerprint density at radius 2 is 2.26 bits per heavy atom. The number of benzene rings is 1. The summed E-state index contributed by atoms with van der Waals surface area (Å²) in [5.74, 6) is 0.916. The monoisotopic (exact) mass is 327 g/mol. The third-order valence-electron chi connectivity index (χ3n) is 3.34. The van der Waals surface area contributed by atoms with Gasteiger partial charge in [-0.05, 0) is 50.1 Å². The lowest BCUT2D eigenvalue weighted by Crippen LogP contribution is -2.18. The molecule has 4 heteroatoms. The Morgan fingerprint density at radius 1 is 1.42 bits per heavy atom. The highest BCUT2D eigenvalue weighted by molar-refractivity contribution is 9.10. The van der Waals surface area contributed by atoms with Gasteiger partial charge >= 0.3 is 0 Å². The van der Waals surface area contributed by atoms with Gasteiger partial charge in [-0.2, -0.15) is 0 Å². The third-order valence-corrected chi connectivity index (χ3v) is 4.11. The fourth-order valence-electron chi connectivity index (χ4n) is 2.23. The number of halogens is 1. The van der Waals surface area contributed by atoms with E-state index < -0.39 is 0 Å². The predicted octanol–water partition coefficient (Wildman–Crippen LogP) is 3.50. The third kappa shape index (κ3) is 4.48. The Bertz CT molecular complexity index is 411. The maximum absolute atomic E-state index is 5.84. The molecule has 19 heavy (non-hydrogen) atoms. The van der Waals surface area contributed by atoms with Crippen LogP contribution < -0.4 is 10.1 Å². The molecule has 1 fully saturated rings. The molecule has 0 amide bonds. The van der Waals surface area contributed by atoms with Crippen molar-refractivity contribution in [3.8, 4) is 5.75 Å². The van der Waals surface area contributed by atoms with Crippen LogP contribution in [0.4, 0.5) is 0 Å². The van der Waals surface area contributed by atoms with E-state index in [2.05, 4.69) is 41.2 Å². The Kier molecular flexibility index (Phi) is 5.67. The molecule has 106 valence electrons. The van der Waals surface area contributed by atoms with Gasteiger partial charge in [-0.25, -0.2) is 0 Å². The zero-order chi connectivity index (χ0) is 13.7. The van der Waals surface area contributed by atoms with Gasteiger partial charge in [-0.1, -0.05) is 22.9 Å². The first-order valence-electron chi connectivity index (χ1n) is 6.96. The molecule has 0 radical (unpaired) electrons. The van der Waals surface area contributed by atoms with Crippen molar-refractivity contribution >= 4 is 15.9 Å². The van der Waals surface area contributed by atoms with Crippen molar-refractivity contribution in [2.75, 3.05) is 13.2 Å². The van der Waals surface area contributed by atoms with Gasteiger partial charge in [0.25, 0.3) is 0 Å². The second-order valence-corrected chi connectivity index (χ2v) is 5.84. The molecule has 2 unspecified atom stereocenters. The lowest BCUT2D eigenvalue weighted by molar-refractivity contribution is 0.0264. The summed E-state index contributed by atoms with van der Waals surface area (Å²) in [6, 6.07) is 6.13. The summed E-state index contributed by atoms with van der Waals surface area (Å²) in [5, 5.41) is 3.33. The van der Waals surface area contributed by atoms with E-state index in [4.69, 9.17) is 9.47 Å². The Hall–Kier alpha value is -0.580. The van der Waals surface area contributed by atoms with Crippen molar-refractivity contribution in [3.63, 3.8) is 0 Å². The minimum atomic E-state index is 0.246. The fourth-order valence-corrected chi connectivity index (χ4v) is 2.62. The molecular weight excluding hydrogens is 306 g/mol. The Morgan fingerprint density at radius 3 is 2.95 bits per heavy atom. The maximum atomic E-state index is 5.84. The van der Waals surface area contributed by atoms with E-state index in [1.165, 1.54) is 5.56 Å². The number of nitrogens with one attached hydrogen (secondary N) is 1. The van der Waals surface area contributed by atoms with Crippen molar-refractivity contribution in [2.45, 2.75) is 45.4 Å². The van der Waals surface area contributed by atoms with Crippen LogP contribution >= 0.6 is 15.9 Å². The van der Waals surface area contributed by atoms with Gasteiger partial charge in [0, 0.05) is 11.0 Å². The molecule has 1 aromatic rings. The van der Waals surface area contributed by atoms with Crippen LogP contribution in [0.3, 0.4) is 0 Å². The Balaban J connectivity index is 1.89. The zero-order valence-corrected chi connectivity index (χ0v) is 13.2. The molecule has 1 aliphatic heterocycles. The molecule has 0 aromatic heterocycles. The fraction of sp³-hybridized carbons (Fsp3) is 0.600. The lowest BCUT2D eigenvalue weighted by atomic mass is 10.2. The van der Waals surface area contributed by atoms with E-state index in [-0.39, 0.29) is 6.10 Å². The molecule has 2 rings (SSSR count). The van der Waals surface area contributed by atoms with Crippen LogP contribution in [0, 0.1) is 0 Å². The van der Waals surface area contributed by atoms with Crippen molar-refractivity contribution in [1.82, 2.24) is 5.32 Å². The van der Waals surface area contributed by atoms with Crippen LogP contribution in [0.25, 0.3) is 0 Å². The second kappa shape index (κ2) is 7.27.